The second-order valence-corrected chi connectivity index (χ2v) is 2.80. The van der Waals surface area contributed by atoms with Gasteiger partial charge in [0.05, 0.1) is 5.69 Å². The molecule has 0 spiro atoms. The Hall–Kier alpha value is -1.22. The van der Waals surface area contributed by atoms with Crippen LogP contribution >= 0.6 is 11.8 Å². The minimum absolute atomic E-state index is 0.304. The molecular formula is C8H6ClNO2. The summed E-state index contributed by atoms with van der Waals surface area (Å²) in [6.07, 6.45) is -0.518. The van der Waals surface area contributed by atoms with E-state index in [4.69, 9.17) is 16.5 Å². The zero-order valence-corrected chi connectivity index (χ0v) is 6.91. The zero-order chi connectivity index (χ0) is 8.55. The van der Waals surface area contributed by atoms with Crippen molar-refractivity contribution in [3.05, 3.63) is 29.8 Å². The number of carbonyl (C=O) groups is 1. The van der Waals surface area contributed by atoms with Gasteiger partial charge in [-0.15, -0.1) is 0 Å². The summed E-state index contributed by atoms with van der Waals surface area (Å²) < 4.78 is 5.76. The lowest BCUT2D eigenvalue weighted by molar-refractivity contribution is 0.147. The fraction of sp³-hybridized carbons (Fsp3) is 0.125. The average molecular weight is 184 g/mol. The summed E-state index contributed by atoms with van der Waals surface area (Å²) in [4.78, 5) is 10.9. The topological polar surface area (TPSA) is 29.5 Å². The molecule has 0 aliphatic carbocycles. The smallest absolute Gasteiger partial charge is 0.429 e. The van der Waals surface area contributed by atoms with Gasteiger partial charge in [-0.3, -0.25) is 0 Å². The van der Waals surface area contributed by atoms with Gasteiger partial charge in [0.1, 0.15) is 6.61 Å². The van der Waals surface area contributed by atoms with Crippen LogP contribution in [0.2, 0.25) is 0 Å². The Bertz CT molecular complexity index is 327. The fourth-order valence-electron chi connectivity index (χ4n) is 1.12. The highest BCUT2D eigenvalue weighted by atomic mass is 35.5. The number of halogens is 1. The van der Waals surface area contributed by atoms with Crippen molar-refractivity contribution in [1.29, 1.82) is 0 Å². The molecule has 1 aromatic rings. The van der Waals surface area contributed by atoms with Gasteiger partial charge >= 0.3 is 6.09 Å². The van der Waals surface area contributed by atoms with Crippen molar-refractivity contribution in [2.75, 3.05) is 4.42 Å². The van der Waals surface area contributed by atoms with Gasteiger partial charge in [0.25, 0.3) is 0 Å². The monoisotopic (exact) mass is 183 g/mol. The van der Waals surface area contributed by atoms with Crippen LogP contribution in [0, 0.1) is 0 Å². The second-order valence-electron chi connectivity index (χ2n) is 2.46. The first kappa shape index (κ1) is 7.43. The van der Waals surface area contributed by atoms with Crippen molar-refractivity contribution in [2.24, 2.45) is 0 Å². The Morgan fingerprint density at radius 3 is 3.00 bits per heavy atom. The lowest BCUT2D eigenvalue weighted by Crippen LogP contribution is -2.27. The molecule has 3 nitrogen and oxygen atoms in total. The Balaban J connectivity index is 2.48. The van der Waals surface area contributed by atoms with Crippen LogP contribution in [0.3, 0.4) is 0 Å². The van der Waals surface area contributed by atoms with Crippen molar-refractivity contribution in [3.8, 4) is 0 Å². The minimum Gasteiger partial charge on any atom is -0.443 e. The van der Waals surface area contributed by atoms with Crippen LogP contribution in [0.5, 0.6) is 0 Å². The van der Waals surface area contributed by atoms with E-state index in [0.717, 1.165) is 9.98 Å². The van der Waals surface area contributed by atoms with Crippen molar-refractivity contribution in [2.45, 2.75) is 6.61 Å². The number of hydrogen-bond donors (Lipinski definition) is 0. The Kier molecular flexibility index (Phi) is 1.66. The number of fused-ring (bicyclic) bond motifs is 1. The van der Waals surface area contributed by atoms with Crippen molar-refractivity contribution >= 4 is 23.6 Å². The lowest BCUT2D eigenvalue weighted by atomic mass is 10.2. The normalized spacial score (nSPS) is 15.4. The highest BCUT2D eigenvalue weighted by Gasteiger charge is 2.23. The highest BCUT2D eigenvalue weighted by Crippen LogP contribution is 2.27. The van der Waals surface area contributed by atoms with E-state index < -0.39 is 6.09 Å². The van der Waals surface area contributed by atoms with Crippen LogP contribution in [0.25, 0.3) is 0 Å². The van der Waals surface area contributed by atoms with E-state index in [9.17, 15) is 4.79 Å². The molecule has 4 heteroatoms. The Morgan fingerprint density at radius 1 is 1.42 bits per heavy atom. The van der Waals surface area contributed by atoms with Gasteiger partial charge in [-0.2, -0.15) is 4.42 Å². The molecule has 0 N–H and O–H groups in total. The number of para-hydroxylation sites is 1. The van der Waals surface area contributed by atoms with E-state index in [2.05, 4.69) is 0 Å². The van der Waals surface area contributed by atoms with Crippen LogP contribution in [0.4, 0.5) is 10.5 Å². The maximum absolute atomic E-state index is 10.9. The number of benzene rings is 1. The third-order valence-corrected chi connectivity index (χ3v) is 2.03. The summed E-state index contributed by atoms with van der Waals surface area (Å²) in [5.41, 5.74) is 1.63. The van der Waals surface area contributed by atoms with Gasteiger partial charge in [0.2, 0.25) is 0 Å². The van der Waals surface area contributed by atoms with E-state index in [1.165, 1.54) is 0 Å². The summed E-state index contributed by atoms with van der Waals surface area (Å²) in [7, 11) is 0. The molecule has 62 valence electrons. The van der Waals surface area contributed by atoms with Gasteiger partial charge < -0.3 is 4.74 Å². The molecule has 1 heterocycles. The van der Waals surface area contributed by atoms with Crippen LogP contribution in [0.15, 0.2) is 24.3 Å². The van der Waals surface area contributed by atoms with E-state index in [-0.39, 0.29) is 0 Å². The zero-order valence-electron chi connectivity index (χ0n) is 6.16. The fourth-order valence-corrected chi connectivity index (χ4v) is 1.33. The van der Waals surface area contributed by atoms with Gasteiger partial charge in [-0.25, -0.2) is 4.79 Å². The minimum atomic E-state index is -0.518. The quantitative estimate of drug-likeness (QED) is 0.578. The van der Waals surface area contributed by atoms with Crippen molar-refractivity contribution < 1.29 is 9.53 Å². The lowest BCUT2D eigenvalue weighted by Gasteiger charge is -2.22. The number of rotatable bonds is 0. The first-order valence-electron chi connectivity index (χ1n) is 3.49. The second kappa shape index (κ2) is 2.68. The Morgan fingerprint density at radius 2 is 2.17 bits per heavy atom. The molecule has 0 bridgehead atoms. The molecule has 0 radical (unpaired) electrons. The summed E-state index contributed by atoms with van der Waals surface area (Å²) in [5, 5.41) is 0. The SMILES string of the molecule is O=C1OCc2ccccc2N1Cl. The van der Waals surface area contributed by atoms with Crippen LogP contribution < -0.4 is 4.42 Å². The van der Waals surface area contributed by atoms with Crippen molar-refractivity contribution in [1.82, 2.24) is 0 Å². The van der Waals surface area contributed by atoms with Gasteiger partial charge in [-0.1, -0.05) is 18.2 Å². The molecule has 0 unspecified atom stereocenters. The third-order valence-electron chi connectivity index (χ3n) is 1.71. The molecule has 0 fully saturated rings. The average Bonchev–Trinajstić information content (AvgIpc) is 2.12. The van der Waals surface area contributed by atoms with Crippen LogP contribution in [-0.4, -0.2) is 6.09 Å². The number of hydrogen-bond acceptors (Lipinski definition) is 2. The first-order chi connectivity index (χ1) is 5.79. The summed E-state index contributed by atoms with van der Waals surface area (Å²) in [5.74, 6) is 0. The number of nitrogens with zero attached hydrogens (tertiary/aromatic N) is 1. The maximum Gasteiger partial charge on any atom is 0.429 e. The molecule has 12 heavy (non-hydrogen) atoms. The van der Waals surface area contributed by atoms with Gasteiger partial charge in [-0.05, 0) is 6.07 Å². The van der Waals surface area contributed by atoms with E-state index >= 15 is 0 Å². The molecule has 0 saturated carbocycles. The number of amides is 1. The van der Waals surface area contributed by atoms with Gasteiger partial charge in [0, 0.05) is 17.3 Å². The Labute approximate surface area is 74.6 Å². The number of carbonyl (C=O) groups excluding carboxylic acids is 1. The number of ether oxygens (including phenoxy) is 1. The number of cyclic esters (lactones) is 1. The van der Waals surface area contributed by atoms with Crippen LogP contribution in [0.1, 0.15) is 5.56 Å². The standard InChI is InChI=1S/C8H6ClNO2/c9-10-7-4-2-1-3-6(7)5-12-8(10)11/h1-4H,5H2. The molecule has 1 aliphatic heterocycles. The molecular weight excluding hydrogens is 178 g/mol. The summed E-state index contributed by atoms with van der Waals surface area (Å²) in [6, 6.07) is 7.36. The van der Waals surface area contributed by atoms with Crippen LogP contribution in [-0.2, 0) is 11.3 Å². The third kappa shape index (κ3) is 1.02. The predicted octanol–water partition coefficient (Wildman–Crippen LogP) is 2.30. The predicted molar refractivity (Wildman–Crippen MR) is 45.0 cm³/mol. The maximum atomic E-state index is 10.9. The molecule has 1 aliphatic rings. The van der Waals surface area contributed by atoms with Gasteiger partial charge in [0.15, 0.2) is 0 Å². The van der Waals surface area contributed by atoms with E-state index in [0.29, 0.717) is 12.3 Å². The highest BCUT2D eigenvalue weighted by molar-refractivity contribution is 6.36. The molecule has 0 atom stereocenters. The first-order valence-corrected chi connectivity index (χ1v) is 3.83. The summed E-state index contributed by atoms with van der Waals surface area (Å²) >= 11 is 5.66. The largest absolute Gasteiger partial charge is 0.443 e. The molecule has 1 amide bonds. The van der Waals surface area contributed by atoms with E-state index in [1.807, 2.05) is 18.2 Å². The summed E-state index contributed by atoms with van der Waals surface area (Å²) in [6.45, 7) is 0.304. The molecule has 0 aromatic heterocycles. The number of anilines is 1. The molecule has 0 saturated heterocycles. The molecule has 1 aromatic carbocycles. The van der Waals surface area contributed by atoms with E-state index in [1.54, 1.807) is 6.07 Å². The van der Waals surface area contributed by atoms with Crippen molar-refractivity contribution in [3.63, 3.8) is 0 Å². The molecule has 2 rings (SSSR count).